The minimum Gasteiger partial charge on any atom is -0.543 e. The predicted octanol–water partition coefficient (Wildman–Crippen LogP) is 8.42. The highest BCUT2D eigenvalue weighted by atomic mass is 28.4. The highest BCUT2D eigenvalue weighted by Crippen LogP contribution is 2.49. The smallest absolute Gasteiger partial charge is 0.343 e. The highest BCUT2D eigenvalue weighted by Gasteiger charge is 2.58. The number of phenols is 1. The molecule has 0 saturated carbocycles. The molecule has 1 unspecified atom stereocenters. The van der Waals surface area contributed by atoms with Crippen LogP contribution in [-0.2, 0) is 37.6 Å². The van der Waals surface area contributed by atoms with Gasteiger partial charge < -0.3 is 33.6 Å². The van der Waals surface area contributed by atoms with Gasteiger partial charge >= 0.3 is 11.9 Å². The van der Waals surface area contributed by atoms with Crippen LogP contribution in [0.2, 0.25) is 16.6 Å². The van der Waals surface area contributed by atoms with E-state index in [9.17, 15) is 19.5 Å². The Labute approximate surface area is 317 Å². The van der Waals surface area contributed by atoms with Gasteiger partial charge in [-0.3, -0.25) is 4.79 Å². The number of fused-ring (bicyclic) bond motifs is 5. The first-order valence-corrected chi connectivity index (χ1v) is 20.6. The van der Waals surface area contributed by atoms with Crippen LogP contribution in [0, 0.1) is 6.92 Å². The number of aromatic amines is 1. The van der Waals surface area contributed by atoms with E-state index in [0.29, 0.717) is 40.1 Å². The van der Waals surface area contributed by atoms with Gasteiger partial charge in [-0.2, -0.15) is 0 Å². The van der Waals surface area contributed by atoms with E-state index in [0.717, 1.165) is 27.8 Å². The maximum absolute atomic E-state index is 14.2. The Morgan fingerprint density at radius 1 is 0.926 bits per heavy atom. The normalized spacial score (nSPS) is 16.9. The largest absolute Gasteiger partial charge is 0.543 e. The molecule has 0 radical (unpaired) electrons. The first kappa shape index (κ1) is 38.4. The molecule has 4 aromatic rings. The summed E-state index contributed by atoms with van der Waals surface area (Å²) in [5, 5.41) is 12.1. The minimum atomic E-state index is -2.27. The second-order valence-corrected chi connectivity index (χ2v) is 20.4. The molecule has 0 bridgehead atoms. The summed E-state index contributed by atoms with van der Waals surface area (Å²) in [6.45, 7) is 15.7. The zero-order valence-electron chi connectivity index (χ0n) is 32.5. The Morgan fingerprint density at radius 3 is 2.24 bits per heavy atom. The van der Waals surface area contributed by atoms with Crippen molar-refractivity contribution in [1.29, 1.82) is 0 Å². The summed E-state index contributed by atoms with van der Waals surface area (Å²) in [4.78, 5) is 47.3. The number of hydrogen-bond acceptors (Lipinski definition) is 9. The summed E-state index contributed by atoms with van der Waals surface area (Å²) < 4.78 is 23.7. The van der Waals surface area contributed by atoms with Crippen molar-refractivity contribution in [3.05, 3.63) is 112 Å². The number of H-pyrrole nitrogens is 1. The van der Waals surface area contributed by atoms with Crippen molar-refractivity contribution in [3.63, 3.8) is 0 Å². The van der Waals surface area contributed by atoms with Gasteiger partial charge in [-0.25, -0.2) is 9.59 Å². The van der Waals surface area contributed by atoms with E-state index in [1.54, 1.807) is 24.1 Å². The average molecular weight is 751 g/mol. The van der Waals surface area contributed by atoms with Crippen LogP contribution < -0.4 is 9.16 Å². The molecule has 3 aromatic carbocycles. The van der Waals surface area contributed by atoms with Crippen LogP contribution in [0.15, 0.2) is 84.1 Å². The average Bonchev–Trinajstić information content (AvgIpc) is 3.54. The first-order chi connectivity index (χ1) is 25.7. The lowest BCUT2D eigenvalue weighted by molar-refractivity contribution is -0.156. The second kappa shape index (κ2) is 14.9. The van der Waals surface area contributed by atoms with Crippen molar-refractivity contribution in [2.75, 3.05) is 20.8 Å². The van der Waals surface area contributed by atoms with Crippen LogP contribution in [0.1, 0.15) is 74.3 Å². The van der Waals surface area contributed by atoms with Gasteiger partial charge in [-0.15, -0.1) is 0 Å². The molecule has 6 rings (SSSR count). The quantitative estimate of drug-likeness (QED) is 0.0834. The number of ketones is 1. The molecule has 11 heteroatoms. The summed E-state index contributed by atoms with van der Waals surface area (Å²) in [7, 11) is 0.231. The van der Waals surface area contributed by atoms with Crippen molar-refractivity contribution in [2.24, 2.45) is 0 Å². The van der Waals surface area contributed by atoms with Crippen LogP contribution in [0.3, 0.4) is 0 Å². The maximum atomic E-state index is 14.2. The number of Topliss-reactive ketones (excluding diaryl/α,β-unsaturated/α-hetero) is 1. The number of benzene rings is 3. The Balaban J connectivity index is 1.42. The first-order valence-electron chi connectivity index (χ1n) is 18.5. The molecule has 0 spiro atoms. The van der Waals surface area contributed by atoms with Crippen molar-refractivity contribution >= 4 is 36.9 Å². The number of methoxy groups -OCH3 is 2. The van der Waals surface area contributed by atoms with Gasteiger partial charge in [0.1, 0.15) is 23.9 Å². The van der Waals surface area contributed by atoms with Gasteiger partial charge in [0.2, 0.25) is 5.54 Å². The number of aromatic nitrogens is 1. The van der Waals surface area contributed by atoms with Crippen LogP contribution in [0.5, 0.6) is 17.2 Å². The molecule has 54 heavy (non-hydrogen) atoms. The zero-order valence-corrected chi connectivity index (χ0v) is 33.5. The third-order valence-electron chi connectivity index (χ3n) is 11.3. The Bertz CT molecular complexity index is 2140. The monoisotopic (exact) mass is 750 g/mol. The standard InChI is InChI=1S/C43H50N2O8Si/c1-25(2)54(26(3)4,27(5)6)53-31-15-17-36-34(22-31)32-19-20-45-23-30(21-35(41(48)50-8)43(45,40(32)44-36)42(49)51-9)39(47)33-16-18-37(28(7)38(33)46)52-24-29-13-11-10-12-14-29/h10-18,21-23,25-27,44,46H,19-20,24H2,1-9H3. The number of nitrogens with zero attached hydrogens (tertiary/aromatic N) is 1. The van der Waals surface area contributed by atoms with Crippen LogP contribution in [0.25, 0.3) is 10.9 Å². The number of rotatable bonds is 12. The molecule has 2 aliphatic rings. The van der Waals surface area contributed by atoms with Gasteiger partial charge in [-0.05, 0) is 77.5 Å². The van der Waals surface area contributed by atoms with Gasteiger partial charge in [0, 0.05) is 34.8 Å². The van der Waals surface area contributed by atoms with E-state index in [1.807, 2.05) is 48.5 Å². The number of carbonyl (C=O) groups excluding carboxylic acids is 3. The predicted molar refractivity (Wildman–Crippen MR) is 210 cm³/mol. The number of nitrogens with one attached hydrogen (secondary N) is 1. The number of ether oxygens (including phenoxy) is 3. The molecular formula is C43H50N2O8Si. The number of carbonyl (C=O) groups is 3. The molecule has 284 valence electrons. The lowest BCUT2D eigenvalue weighted by Gasteiger charge is -2.46. The molecule has 10 nitrogen and oxygen atoms in total. The summed E-state index contributed by atoms with van der Waals surface area (Å²) in [5.74, 6) is -1.09. The van der Waals surface area contributed by atoms with E-state index in [4.69, 9.17) is 18.6 Å². The van der Waals surface area contributed by atoms with Gasteiger partial charge in [0.25, 0.3) is 8.32 Å². The lowest BCUT2D eigenvalue weighted by atomic mass is 9.75. The highest BCUT2D eigenvalue weighted by molar-refractivity contribution is 6.78. The van der Waals surface area contributed by atoms with E-state index in [-0.39, 0.29) is 35.6 Å². The molecule has 1 aromatic heterocycles. The summed E-state index contributed by atoms with van der Waals surface area (Å²) >= 11 is 0. The third-order valence-corrected chi connectivity index (χ3v) is 17.3. The van der Waals surface area contributed by atoms with Crippen LogP contribution >= 0.6 is 0 Å². The Morgan fingerprint density at radius 2 is 1.61 bits per heavy atom. The molecule has 2 N–H and O–H groups in total. The fourth-order valence-corrected chi connectivity index (χ4v) is 13.9. The topological polar surface area (TPSA) is 127 Å². The molecule has 0 fully saturated rings. The number of allylic oxidation sites excluding steroid dienone is 2. The van der Waals surface area contributed by atoms with Crippen molar-refractivity contribution < 1.29 is 38.1 Å². The molecule has 0 aliphatic carbocycles. The van der Waals surface area contributed by atoms with E-state index < -0.39 is 31.6 Å². The second-order valence-electron chi connectivity index (χ2n) is 15.1. The fourth-order valence-electron chi connectivity index (χ4n) is 8.71. The zero-order chi connectivity index (χ0) is 39.1. The van der Waals surface area contributed by atoms with Crippen LogP contribution in [-0.4, -0.2) is 61.8 Å². The number of phenolic OH excluding ortho intramolecular Hbond substituents is 1. The Hall–Kier alpha value is -5.29. The van der Waals surface area contributed by atoms with Crippen LogP contribution in [0.4, 0.5) is 0 Å². The summed E-state index contributed by atoms with van der Waals surface area (Å²) in [6, 6.07) is 18.7. The SMILES string of the molecule is COC(=O)C1=CC(C(=O)c2ccc(OCc3ccccc3)c(C)c2O)=CN2CCc3c([nH]c4ccc(O[Si](C(C)C)(C(C)C)C(C)C)cc34)C12C(=O)OC. The molecular weight excluding hydrogens is 701 g/mol. The number of esters is 2. The van der Waals surface area contributed by atoms with E-state index in [1.165, 1.54) is 26.4 Å². The number of hydrogen-bond donors (Lipinski definition) is 2. The third kappa shape index (κ3) is 6.17. The Kier molecular flexibility index (Phi) is 10.6. The van der Waals surface area contributed by atoms with E-state index in [2.05, 4.69) is 46.5 Å². The summed E-state index contributed by atoms with van der Waals surface area (Å²) in [5.41, 5.74) is 2.81. The molecule has 2 aliphatic heterocycles. The van der Waals surface area contributed by atoms with Gasteiger partial charge in [-0.1, -0.05) is 71.9 Å². The van der Waals surface area contributed by atoms with Crippen molar-refractivity contribution in [2.45, 2.75) is 83.7 Å². The minimum absolute atomic E-state index is 0.0245. The number of aromatic hydroxyl groups is 1. The van der Waals surface area contributed by atoms with Crippen molar-refractivity contribution in [1.82, 2.24) is 9.88 Å². The maximum Gasteiger partial charge on any atom is 0.343 e. The molecule has 1 atom stereocenters. The fraction of sp³-hybridized carbons (Fsp3) is 0.372. The van der Waals surface area contributed by atoms with Gasteiger partial charge in [0.05, 0.1) is 31.1 Å². The van der Waals surface area contributed by atoms with Crippen molar-refractivity contribution in [3.8, 4) is 17.2 Å². The van der Waals surface area contributed by atoms with Gasteiger partial charge in [0.15, 0.2) is 5.78 Å². The molecule has 3 heterocycles. The summed E-state index contributed by atoms with van der Waals surface area (Å²) in [6.07, 6.45) is 3.43. The lowest BCUT2D eigenvalue weighted by Crippen LogP contribution is -2.58. The molecule has 0 amide bonds. The molecule has 0 saturated heterocycles. The van der Waals surface area contributed by atoms with E-state index >= 15 is 0 Å².